The minimum absolute atomic E-state index is 0. The Balaban J connectivity index is 0.00000128. The summed E-state index contributed by atoms with van der Waals surface area (Å²) >= 11 is 0. The van der Waals surface area contributed by atoms with Crippen molar-refractivity contribution >= 4 is 12.4 Å². The van der Waals surface area contributed by atoms with Gasteiger partial charge in [-0.3, -0.25) is 0 Å². The molecule has 0 spiro atoms. The molecule has 1 aliphatic rings. The molecule has 5 heteroatoms. The van der Waals surface area contributed by atoms with Crippen molar-refractivity contribution in [2.45, 2.75) is 25.1 Å². The zero-order valence-corrected chi connectivity index (χ0v) is 9.37. The van der Waals surface area contributed by atoms with Crippen LogP contribution in [0.1, 0.15) is 30.0 Å². The Morgan fingerprint density at radius 3 is 2.56 bits per heavy atom. The first-order valence-electron chi connectivity index (χ1n) is 4.98. The second kappa shape index (κ2) is 5.06. The van der Waals surface area contributed by atoms with Crippen molar-refractivity contribution in [2.24, 2.45) is 0 Å². The SMILES string of the molecule is Cl.FC(F)(F)c1cccc([C@H]2CCCN2)c1. The third-order valence-electron chi connectivity index (χ3n) is 2.68. The number of hydrogen-bond acceptors (Lipinski definition) is 1. The molecule has 90 valence electrons. The molecular weight excluding hydrogens is 239 g/mol. The number of rotatable bonds is 1. The van der Waals surface area contributed by atoms with Gasteiger partial charge in [0.1, 0.15) is 0 Å². The maximum absolute atomic E-state index is 12.4. The Morgan fingerprint density at radius 2 is 2.00 bits per heavy atom. The summed E-state index contributed by atoms with van der Waals surface area (Å²) in [7, 11) is 0. The first kappa shape index (κ1) is 13.3. The highest BCUT2D eigenvalue weighted by Gasteiger charge is 2.31. The van der Waals surface area contributed by atoms with E-state index >= 15 is 0 Å². The fourth-order valence-corrected chi connectivity index (χ4v) is 1.90. The van der Waals surface area contributed by atoms with Crippen LogP contribution < -0.4 is 5.32 Å². The van der Waals surface area contributed by atoms with Gasteiger partial charge in [0.2, 0.25) is 0 Å². The van der Waals surface area contributed by atoms with Crippen LogP contribution in [-0.2, 0) is 6.18 Å². The molecular formula is C11H13ClF3N. The van der Waals surface area contributed by atoms with Crippen molar-refractivity contribution < 1.29 is 13.2 Å². The second-order valence-electron chi connectivity index (χ2n) is 3.77. The van der Waals surface area contributed by atoms with Gasteiger partial charge in [-0.1, -0.05) is 12.1 Å². The topological polar surface area (TPSA) is 12.0 Å². The third kappa shape index (κ3) is 2.89. The van der Waals surface area contributed by atoms with Crippen LogP contribution in [0.5, 0.6) is 0 Å². The average Bonchev–Trinajstić information content (AvgIpc) is 2.69. The quantitative estimate of drug-likeness (QED) is 0.805. The number of hydrogen-bond donors (Lipinski definition) is 1. The van der Waals surface area contributed by atoms with Crippen molar-refractivity contribution in [1.29, 1.82) is 0 Å². The molecule has 16 heavy (non-hydrogen) atoms. The average molecular weight is 252 g/mol. The van der Waals surface area contributed by atoms with Crippen molar-refractivity contribution in [2.75, 3.05) is 6.54 Å². The van der Waals surface area contributed by atoms with Crippen molar-refractivity contribution in [3.05, 3.63) is 35.4 Å². The van der Waals surface area contributed by atoms with Crippen LogP contribution in [0.25, 0.3) is 0 Å². The lowest BCUT2D eigenvalue weighted by atomic mass is 10.0. The Kier molecular flexibility index (Phi) is 4.21. The van der Waals surface area contributed by atoms with Crippen LogP contribution in [0.15, 0.2) is 24.3 Å². The van der Waals surface area contributed by atoms with Gasteiger partial charge in [0.25, 0.3) is 0 Å². The molecule has 0 saturated carbocycles. The number of halogens is 4. The van der Waals surface area contributed by atoms with Crippen LogP contribution in [0.4, 0.5) is 13.2 Å². The highest BCUT2D eigenvalue weighted by molar-refractivity contribution is 5.85. The summed E-state index contributed by atoms with van der Waals surface area (Å²) in [6.45, 7) is 0.890. The smallest absolute Gasteiger partial charge is 0.310 e. The number of benzene rings is 1. The van der Waals surface area contributed by atoms with E-state index in [9.17, 15) is 13.2 Å². The van der Waals surface area contributed by atoms with E-state index in [0.29, 0.717) is 0 Å². The summed E-state index contributed by atoms with van der Waals surface area (Å²) in [6, 6.07) is 5.66. The standard InChI is InChI=1S/C11H12F3N.ClH/c12-11(13,14)9-4-1-3-8(7-9)10-5-2-6-15-10;/h1,3-4,7,10,15H,2,5-6H2;1H/t10-;/m1./s1. The van der Waals surface area contributed by atoms with Gasteiger partial charge in [-0.2, -0.15) is 13.2 Å². The largest absolute Gasteiger partial charge is 0.416 e. The fourth-order valence-electron chi connectivity index (χ4n) is 1.90. The van der Waals surface area contributed by atoms with E-state index in [1.807, 2.05) is 0 Å². The van der Waals surface area contributed by atoms with Gasteiger partial charge < -0.3 is 5.32 Å². The predicted molar refractivity (Wildman–Crippen MR) is 58.7 cm³/mol. The van der Waals surface area contributed by atoms with Crippen LogP contribution in [0.2, 0.25) is 0 Å². The fraction of sp³-hybridized carbons (Fsp3) is 0.455. The zero-order chi connectivity index (χ0) is 10.9. The van der Waals surface area contributed by atoms with Crippen LogP contribution in [0.3, 0.4) is 0 Å². The molecule has 1 atom stereocenters. The van der Waals surface area contributed by atoms with Crippen molar-refractivity contribution in [3.8, 4) is 0 Å². The van der Waals surface area contributed by atoms with Crippen LogP contribution >= 0.6 is 12.4 Å². The van der Waals surface area contributed by atoms with Crippen LogP contribution in [0, 0.1) is 0 Å². The predicted octanol–water partition coefficient (Wildman–Crippen LogP) is 3.55. The molecule has 1 saturated heterocycles. The molecule has 1 fully saturated rings. The molecule has 0 radical (unpaired) electrons. The molecule has 0 unspecified atom stereocenters. The summed E-state index contributed by atoms with van der Waals surface area (Å²) in [5.41, 5.74) is 0.177. The van der Waals surface area contributed by atoms with Gasteiger partial charge >= 0.3 is 6.18 Å². The van der Waals surface area contributed by atoms with Gasteiger partial charge in [-0.05, 0) is 37.1 Å². The number of alkyl halides is 3. The Morgan fingerprint density at radius 1 is 1.25 bits per heavy atom. The van der Waals surface area contributed by atoms with Gasteiger partial charge in [-0.25, -0.2) is 0 Å². The summed E-state index contributed by atoms with van der Waals surface area (Å²) in [6.07, 6.45) is -2.29. The molecule has 1 N–H and O–H groups in total. The molecule has 1 nitrogen and oxygen atoms in total. The lowest BCUT2D eigenvalue weighted by Crippen LogP contribution is -2.14. The van der Waals surface area contributed by atoms with Crippen molar-refractivity contribution in [1.82, 2.24) is 5.32 Å². The van der Waals surface area contributed by atoms with E-state index in [4.69, 9.17) is 0 Å². The van der Waals surface area contributed by atoms with Gasteiger partial charge in [0.05, 0.1) is 5.56 Å². The van der Waals surface area contributed by atoms with E-state index in [2.05, 4.69) is 5.32 Å². The first-order valence-corrected chi connectivity index (χ1v) is 4.98. The molecule has 1 aromatic rings. The molecule has 2 rings (SSSR count). The monoisotopic (exact) mass is 251 g/mol. The molecule has 0 aliphatic carbocycles. The Bertz CT molecular complexity index is 345. The third-order valence-corrected chi connectivity index (χ3v) is 2.68. The van der Waals surface area contributed by atoms with Crippen molar-refractivity contribution in [3.63, 3.8) is 0 Å². The van der Waals surface area contributed by atoms with E-state index in [-0.39, 0.29) is 18.4 Å². The lowest BCUT2D eigenvalue weighted by molar-refractivity contribution is -0.137. The summed E-state index contributed by atoms with van der Waals surface area (Å²) in [4.78, 5) is 0. The molecule has 1 heterocycles. The second-order valence-corrected chi connectivity index (χ2v) is 3.77. The molecule has 0 bridgehead atoms. The van der Waals surface area contributed by atoms with Gasteiger partial charge in [0, 0.05) is 6.04 Å². The number of nitrogens with one attached hydrogen (secondary N) is 1. The highest BCUT2D eigenvalue weighted by atomic mass is 35.5. The van der Waals surface area contributed by atoms with E-state index < -0.39 is 11.7 Å². The lowest BCUT2D eigenvalue weighted by Gasteiger charge is -2.13. The summed E-state index contributed by atoms with van der Waals surface area (Å²) < 4.78 is 37.3. The molecule has 1 aliphatic heterocycles. The summed E-state index contributed by atoms with van der Waals surface area (Å²) in [5.74, 6) is 0. The first-order chi connectivity index (χ1) is 7.07. The van der Waals surface area contributed by atoms with Gasteiger partial charge in [-0.15, -0.1) is 12.4 Å². The normalized spacial score (nSPS) is 20.6. The molecule has 0 aromatic heterocycles. The molecule has 1 aromatic carbocycles. The van der Waals surface area contributed by atoms with E-state index in [1.165, 1.54) is 12.1 Å². The minimum Gasteiger partial charge on any atom is -0.310 e. The Labute approximate surface area is 98.4 Å². The maximum Gasteiger partial charge on any atom is 0.416 e. The highest BCUT2D eigenvalue weighted by Crippen LogP contribution is 2.32. The zero-order valence-electron chi connectivity index (χ0n) is 8.55. The Hall–Kier alpha value is -0.740. The van der Waals surface area contributed by atoms with Crippen LogP contribution in [-0.4, -0.2) is 6.54 Å². The maximum atomic E-state index is 12.4. The summed E-state index contributed by atoms with van der Waals surface area (Å²) in [5, 5.41) is 3.18. The van der Waals surface area contributed by atoms with E-state index in [1.54, 1.807) is 6.07 Å². The van der Waals surface area contributed by atoms with E-state index in [0.717, 1.165) is 31.0 Å². The minimum atomic E-state index is -4.24. The van der Waals surface area contributed by atoms with Gasteiger partial charge in [0.15, 0.2) is 0 Å². The molecule has 0 amide bonds.